The van der Waals surface area contributed by atoms with Crippen LogP contribution in [0.15, 0.2) is 47.5 Å². The lowest BCUT2D eigenvalue weighted by atomic mass is 10.1. The average molecular weight is 402 g/mol. The van der Waals surface area contributed by atoms with Gasteiger partial charge >= 0.3 is 6.18 Å². The zero-order chi connectivity index (χ0) is 20.1. The summed E-state index contributed by atoms with van der Waals surface area (Å²) in [7, 11) is -3.80. The van der Waals surface area contributed by atoms with Gasteiger partial charge in [-0.2, -0.15) is 13.2 Å². The first-order chi connectivity index (χ1) is 12.6. The van der Waals surface area contributed by atoms with Crippen LogP contribution >= 0.6 is 0 Å². The number of nitrogens with zero attached hydrogens (tertiary/aromatic N) is 1. The number of nitrogens with one attached hydrogen (secondary N) is 2. The standard InChI is InChI=1S/C16H17F3N4O3S/c17-16(18,19)13-2-1-7-22-15(13)23-9-8-21-14(24)10-11-3-5-12(6-4-11)27(20,25)26/h1-7H,8-10H2,(H,21,24)(H,22,23)(H2,20,25,26). The molecule has 11 heteroatoms. The van der Waals surface area contributed by atoms with E-state index in [9.17, 15) is 26.4 Å². The van der Waals surface area contributed by atoms with Crippen LogP contribution in [0.4, 0.5) is 19.0 Å². The quantitative estimate of drug-likeness (QED) is 0.608. The van der Waals surface area contributed by atoms with E-state index in [0.29, 0.717) is 5.56 Å². The molecule has 0 saturated carbocycles. The molecule has 0 aliphatic heterocycles. The van der Waals surface area contributed by atoms with Gasteiger partial charge in [-0.3, -0.25) is 4.79 Å². The van der Waals surface area contributed by atoms with Crippen molar-refractivity contribution in [2.45, 2.75) is 17.5 Å². The number of pyridine rings is 1. The first kappa shape index (κ1) is 20.6. The molecule has 0 radical (unpaired) electrons. The van der Waals surface area contributed by atoms with Crippen LogP contribution in [0.5, 0.6) is 0 Å². The summed E-state index contributed by atoms with van der Waals surface area (Å²) in [5.74, 6) is -0.671. The van der Waals surface area contributed by atoms with Gasteiger partial charge in [0, 0.05) is 19.3 Å². The highest BCUT2D eigenvalue weighted by Gasteiger charge is 2.33. The summed E-state index contributed by atoms with van der Waals surface area (Å²) in [4.78, 5) is 15.4. The summed E-state index contributed by atoms with van der Waals surface area (Å²) in [5, 5.41) is 10.1. The van der Waals surface area contributed by atoms with Gasteiger partial charge in [-0.15, -0.1) is 0 Å². The van der Waals surface area contributed by atoms with E-state index in [4.69, 9.17) is 5.14 Å². The molecular weight excluding hydrogens is 385 g/mol. The Balaban J connectivity index is 1.82. The Bertz CT molecular complexity index is 900. The lowest BCUT2D eigenvalue weighted by Gasteiger charge is -2.13. The second-order valence-corrected chi connectivity index (χ2v) is 7.10. The van der Waals surface area contributed by atoms with E-state index in [0.717, 1.165) is 6.07 Å². The summed E-state index contributed by atoms with van der Waals surface area (Å²) in [6.07, 6.45) is -3.30. The third-order valence-corrected chi connectivity index (χ3v) is 4.40. The number of primary sulfonamides is 1. The molecule has 0 fully saturated rings. The molecule has 2 rings (SSSR count). The van der Waals surface area contributed by atoms with Gasteiger partial charge in [0.15, 0.2) is 0 Å². The first-order valence-electron chi connectivity index (χ1n) is 7.72. The molecule has 7 nitrogen and oxygen atoms in total. The predicted molar refractivity (Wildman–Crippen MR) is 92.3 cm³/mol. The molecule has 27 heavy (non-hydrogen) atoms. The number of hydrogen-bond donors (Lipinski definition) is 3. The Labute approximate surface area is 153 Å². The molecule has 0 bridgehead atoms. The van der Waals surface area contributed by atoms with Gasteiger partial charge in [0.25, 0.3) is 0 Å². The largest absolute Gasteiger partial charge is 0.419 e. The minimum absolute atomic E-state index is 0.0116. The van der Waals surface area contributed by atoms with Crippen LogP contribution in [-0.2, 0) is 27.4 Å². The number of sulfonamides is 1. The van der Waals surface area contributed by atoms with Crippen molar-refractivity contribution in [3.8, 4) is 0 Å². The van der Waals surface area contributed by atoms with Crippen molar-refractivity contribution >= 4 is 21.7 Å². The van der Waals surface area contributed by atoms with Crippen LogP contribution in [0.3, 0.4) is 0 Å². The number of carbonyl (C=O) groups is 1. The van der Waals surface area contributed by atoms with Crippen molar-refractivity contribution < 1.29 is 26.4 Å². The second-order valence-electron chi connectivity index (χ2n) is 5.54. The van der Waals surface area contributed by atoms with Crippen LogP contribution < -0.4 is 15.8 Å². The van der Waals surface area contributed by atoms with E-state index in [2.05, 4.69) is 15.6 Å². The number of anilines is 1. The normalized spacial score (nSPS) is 11.9. The molecule has 0 spiro atoms. The maximum absolute atomic E-state index is 12.8. The molecule has 0 unspecified atom stereocenters. The lowest BCUT2D eigenvalue weighted by Crippen LogP contribution is -2.30. The van der Waals surface area contributed by atoms with E-state index in [1.807, 2.05) is 0 Å². The Morgan fingerprint density at radius 1 is 1.11 bits per heavy atom. The number of alkyl halides is 3. The minimum Gasteiger partial charge on any atom is -0.368 e. The minimum atomic E-state index is -4.52. The van der Waals surface area contributed by atoms with E-state index in [-0.39, 0.29) is 36.1 Å². The number of benzene rings is 1. The number of amides is 1. The highest BCUT2D eigenvalue weighted by molar-refractivity contribution is 7.89. The number of carbonyl (C=O) groups excluding carboxylic acids is 1. The number of halogens is 3. The molecule has 1 aromatic carbocycles. The smallest absolute Gasteiger partial charge is 0.368 e. The zero-order valence-corrected chi connectivity index (χ0v) is 14.8. The third kappa shape index (κ3) is 6.22. The summed E-state index contributed by atoms with van der Waals surface area (Å²) in [6.45, 7) is 0.137. The van der Waals surface area contributed by atoms with Crippen LogP contribution in [0.2, 0.25) is 0 Å². The zero-order valence-electron chi connectivity index (χ0n) is 14.0. The SMILES string of the molecule is NS(=O)(=O)c1ccc(CC(=O)NCCNc2ncccc2C(F)(F)F)cc1. The highest BCUT2D eigenvalue weighted by atomic mass is 32.2. The van der Waals surface area contributed by atoms with Crippen LogP contribution in [0.25, 0.3) is 0 Å². The van der Waals surface area contributed by atoms with E-state index < -0.39 is 21.8 Å². The Kier molecular flexibility index (Phi) is 6.39. The fraction of sp³-hybridized carbons (Fsp3) is 0.250. The molecule has 0 aliphatic carbocycles. The molecule has 1 aromatic heterocycles. The molecule has 146 valence electrons. The molecule has 0 saturated heterocycles. The molecule has 1 amide bonds. The maximum atomic E-state index is 12.8. The summed E-state index contributed by atoms with van der Waals surface area (Å²) in [6, 6.07) is 7.61. The number of rotatable bonds is 7. The molecule has 0 atom stereocenters. The van der Waals surface area contributed by atoms with Crippen molar-refractivity contribution in [3.63, 3.8) is 0 Å². The van der Waals surface area contributed by atoms with Crippen LogP contribution in [0.1, 0.15) is 11.1 Å². The molecule has 2 aromatic rings. The number of hydrogen-bond acceptors (Lipinski definition) is 5. The van der Waals surface area contributed by atoms with Gasteiger partial charge < -0.3 is 10.6 Å². The van der Waals surface area contributed by atoms with E-state index in [1.54, 1.807) is 0 Å². The van der Waals surface area contributed by atoms with Crippen LogP contribution in [-0.4, -0.2) is 32.4 Å². The first-order valence-corrected chi connectivity index (χ1v) is 9.26. The molecule has 0 aliphatic rings. The number of aromatic nitrogens is 1. The van der Waals surface area contributed by atoms with Gasteiger partial charge in [0.1, 0.15) is 5.82 Å². The van der Waals surface area contributed by atoms with Gasteiger partial charge in [-0.25, -0.2) is 18.5 Å². The van der Waals surface area contributed by atoms with Gasteiger partial charge in [0.05, 0.1) is 16.9 Å². The van der Waals surface area contributed by atoms with Gasteiger partial charge in [-0.05, 0) is 29.8 Å². The monoisotopic (exact) mass is 402 g/mol. The molecule has 1 heterocycles. The Hall–Kier alpha value is -2.66. The number of nitrogens with two attached hydrogens (primary N) is 1. The summed E-state index contributed by atoms with van der Waals surface area (Å²) < 4.78 is 60.8. The van der Waals surface area contributed by atoms with E-state index in [1.165, 1.54) is 36.5 Å². The van der Waals surface area contributed by atoms with Crippen molar-refractivity contribution in [3.05, 3.63) is 53.7 Å². The topological polar surface area (TPSA) is 114 Å². The Morgan fingerprint density at radius 2 is 1.78 bits per heavy atom. The lowest BCUT2D eigenvalue weighted by molar-refractivity contribution is -0.137. The fourth-order valence-corrected chi connectivity index (χ4v) is 2.72. The average Bonchev–Trinajstić information content (AvgIpc) is 2.58. The summed E-state index contributed by atoms with van der Waals surface area (Å²) >= 11 is 0. The van der Waals surface area contributed by atoms with Crippen molar-refractivity contribution in [1.29, 1.82) is 0 Å². The van der Waals surface area contributed by atoms with Crippen molar-refractivity contribution in [2.24, 2.45) is 5.14 Å². The Morgan fingerprint density at radius 3 is 2.37 bits per heavy atom. The molecule has 4 N–H and O–H groups in total. The highest BCUT2D eigenvalue weighted by Crippen LogP contribution is 2.33. The second kappa shape index (κ2) is 8.35. The van der Waals surface area contributed by atoms with Gasteiger partial charge in [0.2, 0.25) is 15.9 Å². The fourth-order valence-electron chi connectivity index (χ4n) is 2.20. The van der Waals surface area contributed by atoms with Gasteiger partial charge in [-0.1, -0.05) is 12.1 Å². The third-order valence-electron chi connectivity index (χ3n) is 3.47. The van der Waals surface area contributed by atoms with E-state index >= 15 is 0 Å². The molecular formula is C16H17F3N4O3S. The maximum Gasteiger partial charge on any atom is 0.419 e. The predicted octanol–water partition coefficient (Wildman–Crippen LogP) is 1.52. The summed E-state index contributed by atoms with van der Waals surface area (Å²) in [5.41, 5.74) is -0.316. The van der Waals surface area contributed by atoms with Crippen molar-refractivity contribution in [1.82, 2.24) is 10.3 Å². The van der Waals surface area contributed by atoms with Crippen molar-refractivity contribution in [2.75, 3.05) is 18.4 Å². The van der Waals surface area contributed by atoms with Crippen LogP contribution in [0, 0.1) is 0 Å².